The van der Waals surface area contributed by atoms with Gasteiger partial charge in [0, 0.05) is 0 Å². The second kappa shape index (κ2) is 4.78. The lowest BCUT2D eigenvalue weighted by Crippen LogP contribution is -2.57. The Morgan fingerprint density at radius 3 is 2.79 bits per heavy atom. The number of rotatable bonds is 4. The number of carbonyl (C=O) groups excluding carboxylic acids is 1. The average molecular weight is 198 g/mol. The van der Waals surface area contributed by atoms with Crippen molar-refractivity contribution in [2.45, 2.75) is 51.5 Å². The smallest absolute Gasteiger partial charge is 0.237 e. The van der Waals surface area contributed by atoms with Gasteiger partial charge >= 0.3 is 0 Å². The van der Waals surface area contributed by atoms with E-state index in [0.29, 0.717) is 5.92 Å². The highest BCUT2D eigenvalue weighted by molar-refractivity contribution is 5.84. The van der Waals surface area contributed by atoms with Crippen molar-refractivity contribution in [3.05, 3.63) is 0 Å². The van der Waals surface area contributed by atoms with Crippen LogP contribution >= 0.6 is 0 Å². The van der Waals surface area contributed by atoms with E-state index in [0.717, 1.165) is 32.2 Å². The lowest BCUT2D eigenvalue weighted by molar-refractivity contribution is -0.126. The third-order valence-corrected chi connectivity index (χ3v) is 3.42. The van der Waals surface area contributed by atoms with Gasteiger partial charge in [0.2, 0.25) is 5.91 Å². The molecule has 1 amide bonds. The van der Waals surface area contributed by atoms with E-state index >= 15 is 0 Å². The molecule has 0 aromatic carbocycles. The standard InChI is InChI=1S/C11H22N2O/c1-3-9-6-5-7-11(8-9,10(12)14)13-4-2/h9,13H,3-8H2,1-2H3,(H2,12,14). The minimum atomic E-state index is -0.409. The second-order valence-electron chi connectivity index (χ2n) is 4.35. The van der Waals surface area contributed by atoms with Crippen molar-refractivity contribution in [2.75, 3.05) is 6.54 Å². The van der Waals surface area contributed by atoms with E-state index in [1.807, 2.05) is 6.92 Å². The van der Waals surface area contributed by atoms with E-state index in [1.54, 1.807) is 0 Å². The Hall–Kier alpha value is -0.570. The van der Waals surface area contributed by atoms with E-state index in [4.69, 9.17) is 5.73 Å². The molecular weight excluding hydrogens is 176 g/mol. The lowest BCUT2D eigenvalue weighted by Gasteiger charge is -2.38. The molecule has 0 bridgehead atoms. The Labute approximate surface area is 86.4 Å². The molecule has 2 atom stereocenters. The molecule has 3 nitrogen and oxygen atoms in total. The fourth-order valence-electron chi connectivity index (χ4n) is 2.55. The fraction of sp³-hybridized carbons (Fsp3) is 0.909. The zero-order valence-corrected chi connectivity index (χ0v) is 9.31. The molecule has 0 spiro atoms. The minimum absolute atomic E-state index is 0.169. The van der Waals surface area contributed by atoms with Crippen molar-refractivity contribution in [2.24, 2.45) is 11.7 Å². The number of hydrogen-bond donors (Lipinski definition) is 2. The molecule has 14 heavy (non-hydrogen) atoms. The maximum Gasteiger partial charge on any atom is 0.237 e. The predicted octanol–water partition coefficient (Wildman–Crippen LogP) is 1.42. The summed E-state index contributed by atoms with van der Waals surface area (Å²) in [6.07, 6.45) is 5.35. The van der Waals surface area contributed by atoms with Crippen LogP contribution < -0.4 is 11.1 Å². The van der Waals surface area contributed by atoms with Crippen LogP contribution in [-0.4, -0.2) is 18.0 Å². The number of primary amides is 1. The molecule has 3 heteroatoms. The van der Waals surface area contributed by atoms with Crippen molar-refractivity contribution >= 4 is 5.91 Å². The molecule has 1 fully saturated rings. The first-order valence-corrected chi connectivity index (χ1v) is 5.69. The molecule has 2 unspecified atom stereocenters. The van der Waals surface area contributed by atoms with Crippen LogP contribution in [0.25, 0.3) is 0 Å². The van der Waals surface area contributed by atoms with Crippen molar-refractivity contribution in [3.8, 4) is 0 Å². The number of carbonyl (C=O) groups is 1. The molecule has 1 aliphatic rings. The van der Waals surface area contributed by atoms with Crippen molar-refractivity contribution in [1.82, 2.24) is 5.32 Å². The molecule has 0 radical (unpaired) electrons. The maximum absolute atomic E-state index is 11.5. The molecule has 0 saturated heterocycles. The minimum Gasteiger partial charge on any atom is -0.368 e. The predicted molar refractivity (Wildman–Crippen MR) is 57.9 cm³/mol. The van der Waals surface area contributed by atoms with E-state index < -0.39 is 5.54 Å². The van der Waals surface area contributed by atoms with Crippen LogP contribution in [0.4, 0.5) is 0 Å². The van der Waals surface area contributed by atoms with Crippen LogP contribution in [-0.2, 0) is 4.79 Å². The van der Waals surface area contributed by atoms with E-state index in [9.17, 15) is 4.79 Å². The zero-order valence-electron chi connectivity index (χ0n) is 9.31. The molecule has 0 aromatic rings. The maximum atomic E-state index is 11.5. The Morgan fingerprint density at radius 1 is 1.57 bits per heavy atom. The van der Waals surface area contributed by atoms with Crippen LogP contribution in [0.15, 0.2) is 0 Å². The van der Waals surface area contributed by atoms with Gasteiger partial charge in [0.25, 0.3) is 0 Å². The van der Waals surface area contributed by atoms with E-state index in [2.05, 4.69) is 12.2 Å². The number of hydrogen-bond acceptors (Lipinski definition) is 2. The normalized spacial score (nSPS) is 32.9. The van der Waals surface area contributed by atoms with Crippen molar-refractivity contribution < 1.29 is 4.79 Å². The Kier molecular flexibility index (Phi) is 3.93. The SMILES string of the molecule is CCNC1(C(N)=O)CCCC(CC)C1. The van der Waals surface area contributed by atoms with Gasteiger partial charge in [-0.3, -0.25) is 4.79 Å². The van der Waals surface area contributed by atoms with Crippen LogP contribution in [0.2, 0.25) is 0 Å². The average Bonchev–Trinajstić information content (AvgIpc) is 2.18. The summed E-state index contributed by atoms with van der Waals surface area (Å²) in [5.74, 6) is 0.493. The van der Waals surface area contributed by atoms with Gasteiger partial charge in [-0.1, -0.05) is 33.1 Å². The summed E-state index contributed by atoms with van der Waals surface area (Å²) in [6, 6.07) is 0. The molecule has 3 N–H and O–H groups in total. The fourth-order valence-corrected chi connectivity index (χ4v) is 2.55. The molecule has 1 aliphatic carbocycles. The Balaban J connectivity index is 2.70. The molecule has 0 heterocycles. The summed E-state index contributed by atoms with van der Waals surface area (Å²) in [5, 5.41) is 3.29. The lowest BCUT2D eigenvalue weighted by atomic mass is 9.74. The summed E-state index contributed by atoms with van der Waals surface area (Å²) in [7, 11) is 0. The monoisotopic (exact) mass is 198 g/mol. The first kappa shape index (κ1) is 11.5. The molecular formula is C11H22N2O. The van der Waals surface area contributed by atoms with E-state index in [-0.39, 0.29) is 5.91 Å². The third kappa shape index (κ3) is 2.27. The van der Waals surface area contributed by atoms with Crippen LogP contribution in [0.5, 0.6) is 0 Å². The highest BCUT2D eigenvalue weighted by Gasteiger charge is 2.39. The van der Waals surface area contributed by atoms with Gasteiger partial charge in [-0.2, -0.15) is 0 Å². The highest BCUT2D eigenvalue weighted by Crippen LogP contribution is 2.33. The van der Waals surface area contributed by atoms with Crippen molar-refractivity contribution in [3.63, 3.8) is 0 Å². The largest absolute Gasteiger partial charge is 0.368 e. The Bertz CT molecular complexity index is 201. The second-order valence-corrected chi connectivity index (χ2v) is 4.35. The molecule has 0 aliphatic heterocycles. The molecule has 0 aromatic heterocycles. The summed E-state index contributed by atoms with van der Waals surface area (Å²) < 4.78 is 0. The van der Waals surface area contributed by atoms with Gasteiger partial charge in [0.15, 0.2) is 0 Å². The number of likely N-dealkylation sites (N-methyl/N-ethyl adjacent to an activating group) is 1. The van der Waals surface area contributed by atoms with Gasteiger partial charge in [0.1, 0.15) is 0 Å². The quantitative estimate of drug-likeness (QED) is 0.718. The summed E-state index contributed by atoms with van der Waals surface area (Å²) >= 11 is 0. The molecule has 1 saturated carbocycles. The number of nitrogens with one attached hydrogen (secondary N) is 1. The van der Waals surface area contributed by atoms with Crippen LogP contribution in [0.1, 0.15) is 46.0 Å². The highest BCUT2D eigenvalue weighted by atomic mass is 16.1. The Morgan fingerprint density at radius 2 is 2.29 bits per heavy atom. The zero-order chi connectivity index (χ0) is 10.6. The number of amides is 1. The van der Waals surface area contributed by atoms with Gasteiger partial charge in [-0.05, 0) is 25.3 Å². The van der Waals surface area contributed by atoms with Gasteiger partial charge < -0.3 is 11.1 Å². The third-order valence-electron chi connectivity index (χ3n) is 3.42. The molecule has 1 rings (SSSR count). The van der Waals surface area contributed by atoms with Gasteiger partial charge in [0.05, 0.1) is 5.54 Å². The first-order chi connectivity index (χ1) is 6.64. The first-order valence-electron chi connectivity index (χ1n) is 5.69. The van der Waals surface area contributed by atoms with E-state index in [1.165, 1.54) is 6.42 Å². The topological polar surface area (TPSA) is 55.1 Å². The summed E-state index contributed by atoms with van der Waals surface area (Å²) in [4.78, 5) is 11.5. The van der Waals surface area contributed by atoms with Gasteiger partial charge in [-0.25, -0.2) is 0 Å². The summed E-state index contributed by atoms with van der Waals surface area (Å²) in [6.45, 7) is 5.04. The van der Waals surface area contributed by atoms with Crippen LogP contribution in [0, 0.1) is 5.92 Å². The number of nitrogens with two attached hydrogens (primary N) is 1. The van der Waals surface area contributed by atoms with Crippen molar-refractivity contribution in [1.29, 1.82) is 0 Å². The summed E-state index contributed by atoms with van der Waals surface area (Å²) in [5.41, 5.74) is 5.09. The molecule has 82 valence electrons. The van der Waals surface area contributed by atoms with Gasteiger partial charge in [-0.15, -0.1) is 0 Å². The van der Waals surface area contributed by atoms with Crippen LogP contribution in [0.3, 0.4) is 0 Å².